The van der Waals surface area contributed by atoms with E-state index in [1.165, 1.54) is 0 Å². The minimum atomic E-state index is 0.719. The zero-order chi connectivity index (χ0) is 23.3. The van der Waals surface area contributed by atoms with Crippen LogP contribution in [0.2, 0.25) is 0 Å². The van der Waals surface area contributed by atoms with E-state index in [9.17, 15) is 5.26 Å². The largest absolute Gasteiger partial charge is 0.192 e. The number of hydrogen-bond acceptors (Lipinski definition) is 2. The van der Waals surface area contributed by atoms with Gasteiger partial charge in [-0.25, -0.2) is 0 Å². The Labute approximate surface area is 205 Å². The first kappa shape index (κ1) is 21.8. The van der Waals surface area contributed by atoms with Gasteiger partial charge in [0.15, 0.2) is 0 Å². The van der Waals surface area contributed by atoms with Crippen molar-refractivity contribution in [2.24, 2.45) is 0 Å². The fraction of sp³-hybridized carbons (Fsp3) is 0.0312. The summed E-state index contributed by atoms with van der Waals surface area (Å²) in [4.78, 5) is 1.01. The predicted molar refractivity (Wildman–Crippen MR) is 145 cm³/mol. The first-order valence-electron chi connectivity index (χ1n) is 11.2. The van der Waals surface area contributed by atoms with Crippen molar-refractivity contribution in [1.82, 2.24) is 0 Å². The van der Waals surface area contributed by atoms with Crippen molar-refractivity contribution in [1.29, 1.82) is 5.26 Å². The quantitative estimate of drug-likeness (QED) is 0.248. The molecule has 0 heterocycles. The Balaban J connectivity index is 2.06. The molecule has 0 atom stereocenters. The fourth-order valence-electron chi connectivity index (χ4n) is 4.60. The van der Waals surface area contributed by atoms with Gasteiger partial charge in [0, 0.05) is 16.0 Å². The van der Waals surface area contributed by atoms with Crippen LogP contribution in [0.15, 0.2) is 126 Å². The first-order chi connectivity index (χ1) is 16.8. The van der Waals surface area contributed by atoms with E-state index in [2.05, 4.69) is 97.3 Å². The zero-order valence-electron chi connectivity index (χ0n) is 18.9. The predicted octanol–water partition coefficient (Wildman–Crippen LogP) is 8.95. The van der Waals surface area contributed by atoms with Crippen molar-refractivity contribution in [3.8, 4) is 50.6 Å². The van der Waals surface area contributed by atoms with Gasteiger partial charge in [-0.15, -0.1) is 11.8 Å². The SMILES string of the molecule is CSc1c(C#N)c(-c2ccccc2)c(-c2ccccc2)c(-c2ccccc2)c1-c1ccccc1. The van der Waals surface area contributed by atoms with Gasteiger partial charge in [-0.1, -0.05) is 121 Å². The minimum Gasteiger partial charge on any atom is -0.192 e. The lowest BCUT2D eigenvalue weighted by atomic mass is 9.80. The highest BCUT2D eigenvalue weighted by molar-refractivity contribution is 7.98. The molecule has 0 aliphatic rings. The third-order valence-electron chi connectivity index (χ3n) is 6.02. The van der Waals surface area contributed by atoms with Gasteiger partial charge < -0.3 is 0 Å². The molecule has 0 unspecified atom stereocenters. The van der Waals surface area contributed by atoms with Crippen LogP contribution in [-0.2, 0) is 0 Å². The number of rotatable bonds is 5. The van der Waals surface area contributed by atoms with Crippen LogP contribution in [0.4, 0.5) is 0 Å². The molecule has 0 amide bonds. The summed E-state index contributed by atoms with van der Waals surface area (Å²) in [5.41, 5.74) is 9.44. The summed E-state index contributed by atoms with van der Waals surface area (Å²) in [6.07, 6.45) is 2.06. The van der Waals surface area contributed by atoms with Gasteiger partial charge in [0.1, 0.15) is 6.07 Å². The van der Waals surface area contributed by atoms with Crippen LogP contribution in [0.5, 0.6) is 0 Å². The fourth-order valence-corrected chi connectivity index (χ4v) is 5.37. The van der Waals surface area contributed by atoms with Crippen LogP contribution in [0.25, 0.3) is 44.5 Å². The zero-order valence-corrected chi connectivity index (χ0v) is 19.7. The number of hydrogen-bond donors (Lipinski definition) is 0. The van der Waals surface area contributed by atoms with E-state index in [0.717, 1.165) is 55.0 Å². The average molecular weight is 454 g/mol. The molecular weight excluding hydrogens is 430 g/mol. The molecule has 0 bridgehead atoms. The van der Waals surface area contributed by atoms with Crippen molar-refractivity contribution in [2.45, 2.75) is 4.90 Å². The lowest BCUT2D eigenvalue weighted by molar-refractivity contribution is 1.36. The van der Waals surface area contributed by atoms with Crippen LogP contribution in [0, 0.1) is 11.3 Å². The third kappa shape index (κ3) is 3.92. The minimum absolute atomic E-state index is 0.719. The van der Waals surface area contributed by atoms with Crippen LogP contribution in [0.3, 0.4) is 0 Å². The van der Waals surface area contributed by atoms with Crippen molar-refractivity contribution in [2.75, 3.05) is 6.26 Å². The van der Waals surface area contributed by atoms with Crippen molar-refractivity contribution >= 4 is 11.8 Å². The van der Waals surface area contributed by atoms with E-state index >= 15 is 0 Å². The number of thioether (sulfide) groups is 1. The van der Waals surface area contributed by atoms with Crippen LogP contribution < -0.4 is 0 Å². The van der Waals surface area contributed by atoms with Gasteiger partial charge in [0.25, 0.3) is 0 Å². The summed E-state index contributed by atoms with van der Waals surface area (Å²) in [5, 5.41) is 10.5. The second-order valence-corrected chi connectivity index (χ2v) is 8.80. The highest BCUT2D eigenvalue weighted by Gasteiger charge is 2.27. The Bertz CT molecular complexity index is 1450. The summed E-state index contributed by atoms with van der Waals surface area (Å²) in [7, 11) is 0. The second-order valence-electron chi connectivity index (χ2n) is 7.98. The molecule has 0 spiro atoms. The van der Waals surface area contributed by atoms with E-state index < -0.39 is 0 Å². The van der Waals surface area contributed by atoms with Crippen molar-refractivity contribution in [3.05, 3.63) is 127 Å². The number of nitrogens with zero attached hydrogens (tertiary/aromatic N) is 1. The normalized spacial score (nSPS) is 10.6. The Morgan fingerprint density at radius 3 is 1.15 bits per heavy atom. The van der Waals surface area contributed by atoms with Gasteiger partial charge in [0.05, 0.1) is 5.56 Å². The van der Waals surface area contributed by atoms with E-state index in [4.69, 9.17) is 0 Å². The van der Waals surface area contributed by atoms with Gasteiger partial charge in [-0.05, 0) is 39.6 Å². The van der Waals surface area contributed by atoms with Crippen molar-refractivity contribution in [3.63, 3.8) is 0 Å². The molecule has 0 saturated heterocycles. The molecule has 34 heavy (non-hydrogen) atoms. The van der Waals surface area contributed by atoms with E-state index in [-0.39, 0.29) is 0 Å². The summed E-state index contributed by atoms with van der Waals surface area (Å²) in [6.45, 7) is 0. The molecule has 0 aliphatic carbocycles. The molecule has 0 aromatic heterocycles. The summed E-state index contributed by atoms with van der Waals surface area (Å²) in [5.74, 6) is 0. The molecule has 5 aromatic carbocycles. The maximum absolute atomic E-state index is 10.5. The van der Waals surface area contributed by atoms with E-state index in [0.29, 0.717) is 0 Å². The number of benzene rings is 5. The molecule has 0 saturated carbocycles. The molecule has 1 nitrogen and oxygen atoms in total. The maximum atomic E-state index is 10.5. The standard InChI is InChI=1S/C32H23NS/c1-34-32-27(22-33)28(23-14-6-2-7-15-23)29(24-16-8-3-9-17-24)30(25-18-10-4-11-19-25)31(32)26-20-12-5-13-21-26/h2-21H,1H3. The molecule has 0 radical (unpaired) electrons. The van der Waals surface area contributed by atoms with Gasteiger partial charge in [-0.3, -0.25) is 0 Å². The lowest BCUT2D eigenvalue weighted by Crippen LogP contribution is -2.01. The average Bonchev–Trinajstić information content (AvgIpc) is 2.93. The van der Waals surface area contributed by atoms with E-state index in [1.807, 2.05) is 36.4 Å². The number of nitriles is 1. The molecule has 5 rings (SSSR count). The van der Waals surface area contributed by atoms with Crippen LogP contribution >= 0.6 is 11.8 Å². The molecule has 2 heteroatoms. The molecule has 0 aliphatic heterocycles. The van der Waals surface area contributed by atoms with Gasteiger partial charge >= 0.3 is 0 Å². The van der Waals surface area contributed by atoms with Crippen LogP contribution in [0.1, 0.15) is 5.56 Å². The van der Waals surface area contributed by atoms with Gasteiger partial charge in [0.2, 0.25) is 0 Å². The highest BCUT2D eigenvalue weighted by atomic mass is 32.2. The molecule has 0 fully saturated rings. The Morgan fingerprint density at radius 2 is 0.794 bits per heavy atom. The summed E-state index contributed by atoms with van der Waals surface area (Å²) < 4.78 is 0. The Morgan fingerprint density at radius 1 is 0.471 bits per heavy atom. The maximum Gasteiger partial charge on any atom is 0.101 e. The van der Waals surface area contributed by atoms with Crippen LogP contribution in [-0.4, -0.2) is 6.26 Å². The van der Waals surface area contributed by atoms with E-state index in [1.54, 1.807) is 11.8 Å². The Hall–Kier alpha value is -4.06. The molecule has 5 aromatic rings. The summed E-state index contributed by atoms with van der Waals surface area (Å²) in [6, 6.07) is 44.3. The molecule has 162 valence electrons. The second kappa shape index (κ2) is 9.83. The molecular formula is C32H23NS. The smallest absolute Gasteiger partial charge is 0.101 e. The lowest BCUT2D eigenvalue weighted by Gasteiger charge is -2.25. The first-order valence-corrected chi connectivity index (χ1v) is 12.5. The third-order valence-corrected chi connectivity index (χ3v) is 6.84. The topological polar surface area (TPSA) is 23.8 Å². The summed E-state index contributed by atoms with van der Waals surface area (Å²) >= 11 is 1.64. The molecule has 0 N–H and O–H groups in total. The monoisotopic (exact) mass is 453 g/mol. The van der Waals surface area contributed by atoms with Crippen molar-refractivity contribution < 1.29 is 0 Å². The Kier molecular flexibility index (Phi) is 6.29. The van der Waals surface area contributed by atoms with Gasteiger partial charge in [-0.2, -0.15) is 5.26 Å². The highest BCUT2D eigenvalue weighted by Crippen LogP contribution is 2.51.